The molecule has 0 fully saturated rings. The van der Waals surface area contributed by atoms with Crippen molar-refractivity contribution >= 4 is 0 Å². The van der Waals surface area contributed by atoms with E-state index < -0.39 is 0 Å². The summed E-state index contributed by atoms with van der Waals surface area (Å²) in [5.41, 5.74) is 2.36. The fourth-order valence-corrected chi connectivity index (χ4v) is 1.37. The standard InChI is InChI=1S/C12H18O2/c1-8(2)14-11-7-6-9(3)10(4)12(11)13-5/h6-8H,1-5H3. The molecule has 0 aromatic heterocycles. The number of benzene rings is 1. The average Bonchev–Trinajstić information content (AvgIpc) is 2.11. The third kappa shape index (κ3) is 2.19. The lowest BCUT2D eigenvalue weighted by Gasteiger charge is -2.16. The fourth-order valence-electron chi connectivity index (χ4n) is 1.37. The highest BCUT2D eigenvalue weighted by Gasteiger charge is 2.10. The molecule has 0 aliphatic carbocycles. The van der Waals surface area contributed by atoms with Crippen LogP contribution in [0.1, 0.15) is 25.0 Å². The van der Waals surface area contributed by atoms with Crippen LogP contribution in [0, 0.1) is 13.8 Å². The Hall–Kier alpha value is -1.18. The highest BCUT2D eigenvalue weighted by atomic mass is 16.5. The number of hydrogen-bond donors (Lipinski definition) is 0. The van der Waals surface area contributed by atoms with Gasteiger partial charge >= 0.3 is 0 Å². The normalized spacial score (nSPS) is 10.4. The SMILES string of the molecule is COc1c(OC(C)C)ccc(C)c1C. The molecule has 0 aliphatic heterocycles. The van der Waals surface area contributed by atoms with Gasteiger partial charge in [-0.2, -0.15) is 0 Å². The molecule has 2 nitrogen and oxygen atoms in total. The Morgan fingerprint density at radius 3 is 2.29 bits per heavy atom. The molecule has 0 spiro atoms. The summed E-state index contributed by atoms with van der Waals surface area (Å²) in [5, 5.41) is 0. The first-order valence-corrected chi connectivity index (χ1v) is 4.87. The third-order valence-corrected chi connectivity index (χ3v) is 2.21. The van der Waals surface area contributed by atoms with Crippen molar-refractivity contribution in [2.24, 2.45) is 0 Å². The highest BCUT2D eigenvalue weighted by Crippen LogP contribution is 2.33. The van der Waals surface area contributed by atoms with Crippen molar-refractivity contribution in [1.29, 1.82) is 0 Å². The van der Waals surface area contributed by atoms with E-state index in [-0.39, 0.29) is 6.10 Å². The summed E-state index contributed by atoms with van der Waals surface area (Å²) in [5.74, 6) is 1.67. The van der Waals surface area contributed by atoms with Crippen LogP contribution >= 0.6 is 0 Å². The molecule has 0 N–H and O–H groups in total. The Balaban J connectivity index is 3.10. The molecule has 0 saturated heterocycles. The minimum Gasteiger partial charge on any atom is -0.493 e. The molecule has 0 atom stereocenters. The monoisotopic (exact) mass is 194 g/mol. The second-order valence-electron chi connectivity index (χ2n) is 3.71. The number of rotatable bonds is 3. The number of hydrogen-bond acceptors (Lipinski definition) is 2. The number of ether oxygens (including phenoxy) is 2. The Bertz CT molecular complexity index is 316. The molecule has 14 heavy (non-hydrogen) atoms. The maximum Gasteiger partial charge on any atom is 0.163 e. The minimum absolute atomic E-state index is 0.172. The average molecular weight is 194 g/mol. The van der Waals surface area contributed by atoms with Crippen molar-refractivity contribution in [3.8, 4) is 11.5 Å². The van der Waals surface area contributed by atoms with Crippen LogP contribution in [0.2, 0.25) is 0 Å². The maximum absolute atomic E-state index is 5.65. The van der Waals surface area contributed by atoms with E-state index in [0.717, 1.165) is 17.1 Å². The van der Waals surface area contributed by atoms with E-state index in [2.05, 4.69) is 13.0 Å². The lowest BCUT2D eigenvalue weighted by molar-refractivity contribution is 0.229. The zero-order valence-electron chi connectivity index (χ0n) is 9.55. The first-order valence-electron chi connectivity index (χ1n) is 4.87. The first-order chi connectivity index (χ1) is 6.56. The summed E-state index contributed by atoms with van der Waals surface area (Å²) in [6, 6.07) is 4.01. The molecule has 0 amide bonds. The molecule has 1 rings (SSSR count). The van der Waals surface area contributed by atoms with Crippen LogP contribution in [-0.4, -0.2) is 13.2 Å². The van der Waals surface area contributed by atoms with Crippen LogP contribution in [0.15, 0.2) is 12.1 Å². The van der Waals surface area contributed by atoms with Gasteiger partial charge in [-0.1, -0.05) is 6.07 Å². The summed E-state index contributed by atoms with van der Waals surface area (Å²) >= 11 is 0. The highest BCUT2D eigenvalue weighted by molar-refractivity contribution is 5.49. The van der Waals surface area contributed by atoms with Gasteiger partial charge in [0, 0.05) is 0 Å². The lowest BCUT2D eigenvalue weighted by Crippen LogP contribution is -2.07. The van der Waals surface area contributed by atoms with E-state index in [1.165, 1.54) is 5.56 Å². The van der Waals surface area contributed by atoms with Crippen molar-refractivity contribution in [3.05, 3.63) is 23.3 Å². The largest absolute Gasteiger partial charge is 0.493 e. The van der Waals surface area contributed by atoms with Crippen LogP contribution in [0.25, 0.3) is 0 Å². The molecule has 0 bridgehead atoms. The summed E-state index contributed by atoms with van der Waals surface area (Å²) < 4.78 is 11.0. The van der Waals surface area contributed by atoms with Gasteiger partial charge in [0.15, 0.2) is 11.5 Å². The zero-order chi connectivity index (χ0) is 10.7. The van der Waals surface area contributed by atoms with Crippen LogP contribution in [-0.2, 0) is 0 Å². The molecular weight excluding hydrogens is 176 g/mol. The van der Waals surface area contributed by atoms with Gasteiger partial charge < -0.3 is 9.47 Å². The van der Waals surface area contributed by atoms with Crippen LogP contribution in [0.5, 0.6) is 11.5 Å². The van der Waals surface area contributed by atoms with E-state index >= 15 is 0 Å². The molecule has 0 radical (unpaired) electrons. The van der Waals surface area contributed by atoms with Gasteiger partial charge in [-0.3, -0.25) is 0 Å². The predicted molar refractivity (Wildman–Crippen MR) is 58.2 cm³/mol. The fraction of sp³-hybridized carbons (Fsp3) is 0.500. The van der Waals surface area contributed by atoms with Crippen molar-refractivity contribution in [2.75, 3.05) is 7.11 Å². The summed E-state index contributed by atoms with van der Waals surface area (Å²) in [6.07, 6.45) is 0.172. The molecule has 78 valence electrons. The van der Waals surface area contributed by atoms with Crippen LogP contribution in [0.3, 0.4) is 0 Å². The zero-order valence-corrected chi connectivity index (χ0v) is 9.55. The molecule has 0 saturated carbocycles. The second kappa shape index (κ2) is 4.36. The first kappa shape index (κ1) is 10.9. The molecular formula is C12H18O2. The molecule has 2 heteroatoms. The van der Waals surface area contributed by atoms with Gasteiger partial charge in [-0.15, -0.1) is 0 Å². The summed E-state index contributed by atoms with van der Waals surface area (Å²) in [7, 11) is 1.68. The van der Waals surface area contributed by atoms with Crippen molar-refractivity contribution in [2.45, 2.75) is 33.8 Å². The van der Waals surface area contributed by atoms with E-state index in [1.807, 2.05) is 26.8 Å². The smallest absolute Gasteiger partial charge is 0.163 e. The van der Waals surface area contributed by atoms with E-state index in [4.69, 9.17) is 9.47 Å². The molecule has 1 aromatic rings. The number of aryl methyl sites for hydroxylation is 1. The summed E-state index contributed by atoms with van der Waals surface area (Å²) in [4.78, 5) is 0. The van der Waals surface area contributed by atoms with E-state index in [9.17, 15) is 0 Å². The predicted octanol–water partition coefficient (Wildman–Crippen LogP) is 3.10. The lowest BCUT2D eigenvalue weighted by atomic mass is 10.1. The topological polar surface area (TPSA) is 18.5 Å². The van der Waals surface area contributed by atoms with E-state index in [1.54, 1.807) is 7.11 Å². The Labute approximate surface area is 85.8 Å². The minimum atomic E-state index is 0.172. The Morgan fingerprint density at radius 1 is 1.14 bits per heavy atom. The van der Waals surface area contributed by atoms with Gasteiger partial charge in [0.2, 0.25) is 0 Å². The quantitative estimate of drug-likeness (QED) is 0.736. The molecule has 1 aromatic carbocycles. The third-order valence-electron chi connectivity index (χ3n) is 2.21. The second-order valence-corrected chi connectivity index (χ2v) is 3.71. The number of methoxy groups -OCH3 is 1. The van der Waals surface area contributed by atoms with Crippen LogP contribution < -0.4 is 9.47 Å². The Morgan fingerprint density at radius 2 is 1.79 bits per heavy atom. The van der Waals surface area contributed by atoms with E-state index in [0.29, 0.717) is 0 Å². The maximum atomic E-state index is 5.65. The molecule has 0 unspecified atom stereocenters. The van der Waals surface area contributed by atoms with Gasteiger partial charge in [-0.05, 0) is 44.9 Å². The summed E-state index contributed by atoms with van der Waals surface area (Å²) in [6.45, 7) is 8.13. The molecule has 0 aliphatic rings. The van der Waals surface area contributed by atoms with Crippen molar-refractivity contribution < 1.29 is 9.47 Å². The van der Waals surface area contributed by atoms with Gasteiger partial charge in [-0.25, -0.2) is 0 Å². The van der Waals surface area contributed by atoms with Gasteiger partial charge in [0.05, 0.1) is 13.2 Å². The molecule has 0 heterocycles. The van der Waals surface area contributed by atoms with Crippen LogP contribution in [0.4, 0.5) is 0 Å². The van der Waals surface area contributed by atoms with Crippen molar-refractivity contribution in [3.63, 3.8) is 0 Å². The van der Waals surface area contributed by atoms with Gasteiger partial charge in [0.1, 0.15) is 0 Å². The Kier molecular flexibility index (Phi) is 3.39. The van der Waals surface area contributed by atoms with Crippen molar-refractivity contribution in [1.82, 2.24) is 0 Å². The van der Waals surface area contributed by atoms with Gasteiger partial charge in [0.25, 0.3) is 0 Å².